The van der Waals surface area contributed by atoms with Crippen molar-refractivity contribution in [2.24, 2.45) is 0 Å². The number of fused-ring (bicyclic) bond motifs is 1. The summed E-state index contributed by atoms with van der Waals surface area (Å²) >= 11 is 9.69. The van der Waals surface area contributed by atoms with Crippen molar-refractivity contribution in [3.8, 4) is 0 Å². The molecule has 1 fully saturated rings. The molecule has 2 aromatic carbocycles. The Balaban J connectivity index is 1.71. The first-order chi connectivity index (χ1) is 13.8. The zero-order valence-corrected chi connectivity index (χ0v) is 18.0. The van der Waals surface area contributed by atoms with Crippen molar-refractivity contribution in [1.82, 2.24) is 15.1 Å². The molecule has 152 valence electrons. The van der Waals surface area contributed by atoms with E-state index in [4.69, 9.17) is 11.6 Å². The molecule has 0 spiro atoms. The van der Waals surface area contributed by atoms with Gasteiger partial charge in [-0.2, -0.15) is 0 Å². The molecular weight excluding hydrogens is 463 g/mol. The largest absolute Gasteiger partial charge is 0.341 e. The van der Waals surface area contributed by atoms with Gasteiger partial charge in [-0.1, -0.05) is 27.5 Å². The SMILES string of the molecule is CN1CCN(C(=O)Nc2cc(Br)cc3c2C(c2cc(F)ccc2Cl)NC3=O)CC1. The Morgan fingerprint density at radius 2 is 1.97 bits per heavy atom. The average Bonchev–Trinajstić information content (AvgIpc) is 3.00. The quantitative estimate of drug-likeness (QED) is 0.685. The Morgan fingerprint density at radius 1 is 1.24 bits per heavy atom. The first-order valence-electron chi connectivity index (χ1n) is 9.17. The van der Waals surface area contributed by atoms with Gasteiger partial charge in [-0.05, 0) is 37.4 Å². The lowest BCUT2D eigenvalue weighted by atomic mass is 9.96. The highest BCUT2D eigenvalue weighted by Crippen LogP contribution is 2.40. The number of carbonyl (C=O) groups is 2. The van der Waals surface area contributed by atoms with Gasteiger partial charge < -0.3 is 20.4 Å². The summed E-state index contributed by atoms with van der Waals surface area (Å²) < 4.78 is 14.5. The third kappa shape index (κ3) is 3.97. The molecule has 0 radical (unpaired) electrons. The van der Waals surface area contributed by atoms with E-state index in [0.717, 1.165) is 13.1 Å². The van der Waals surface area contributed by atoms with Crippen molar-refractivity contribution in [2.45, 2.75) is 6.04 Å². The molecule has 2 N–H and O–H groups in total. The minimum Gasteiger partial charge on any atom is -0.341 e. The van der Waals surface area contributed by atoms with Gasteiger partial charge in [-0.15, -0.1) is 0 Å². The van der Waals surface area contributed by atoms with Crippen molar-refractivity contribution >= 4 is 45.2 Å². The summed E-state index contributed by atoms with van der Waals surface area (Å²) in [6, 6.07) is 6.56. The molecule has 0 aromatic heterocycles. The van der Waals surface area contributed by atoms with Crippen LogP contribution in [0, 0.1) is 5.82 Å². The minimum absolute atomic E-state index is 0.234. The first-order valence-corrected chi connectivity index (χ1v) is 10.3. The zero-order valence-electron chi connectivity index (χ0n) is 15.6. The van der Waals surface area contributed by atoms with Crippen LogP contribution in [0.1, 0.15) is 27.5 Å². The molecule has 0 aliphatic carbocycles. The molecule has 0 bridgehead atoms. The molecule has 29 heavy (non-hydrogen) atoms. The second kappa shape index (κ2) is 7.93. The maximum atomic E-state index is 13.9. The van der Waals surface area contributed by atoms with Gasteiger partial charge in [0.05, 0.1) is 6.04 Å². The van der Waals surface area contributed by atoms with Crippen LogP contribution in [-0.4, -0.2) is 55.0 Å². The lowest BCUT2D eigenvalue weighted by Gasteiger charge is -2.32. The fraction of sp³-hybridized carbons (Fsp3) is 0.300. The number of likely N-dealkylation sites (N-methyl/N-ethyl adjacent to an activating group) is 1. The van der Waals surface area contributed by atoms with Gasteiger partial charge in [0.1, 0.15) is 5.82 Å². The first kappa shape index (κ1) is 20.1. The Hall–Kier alpha value is -2.16. The summed E-state index contributed by atoms with van der Waals surface area (Å²) in [5.74, 6) is -0.756. The molecule has 4 rings (SSSR count). The second-order valence-electron chi connectivity index (χ2n) is 7.21. The van der Waals surface area contributed by atoms with E-state index in [1.165, 1.54) is 18.2 Å². The topological polar surface area (TPSA) is 64.7 Å². The molecule has 2 aliphatic rings. The lowest BCUT2D eigenvalue weighted by molar-refractivity contribution is 0.0960. The Kier molecular flexibility index (Phi) is 5.50. The average molecular weight is 482 g/mol. The molecule has 1 saturated heterocycles. The van der Waals surface area contributed by atoms with Crippen LogP contribution in [0.25, 0.3) is 0 Å². The molecule has 6 nitrogen and oxygen atoms in total. The van der Waals surface area contributed by atoms with Gasteiger partial charge in [-0.3, -0.25) is 4.79 Å². The van der Waals surface area contributed by atoms with Gasteiger partial charge in [0.2, 0.25) is 0 Å². The van der Waals surface area contributed by atoms with Crippen LogP contribution in [0.5, 0.6) is 0 Å². The number of amides is 3. The molecule has 2 heterocycles. The highest BCUT2D eigenvalue weighted by molar-refractivity contribution is 9.10. The monoisotopic (exact) mass is 480 g/mol. The molecule has 1 unspecified atom stereocenters. The fourth-order valence-electron chi connectivity index (χ4n) is 3.67. The summed E-state index contributed by atoms with van der Waals surface area (Å²) in [6.07, 6.45) is 0. The predicted molar refractivity (Wildman–Crippen MR) is 113 cm³/mol. The van der Waals surface area contributed by atoms with Crippen molar-refractivity contribution in [3.05, 3.63) is 62.3 Å². The molecule has 0 saturated carbocycles. The summed E-state index contributed by atoms with van der Waals surface area (Å²) in [5, 5.41) is 6.12. The van der Waals surface area contributed by atoms with Gasteiger partial charge >= 0.3 is 6.03 Å². The van der Waals surface area contributed by atoms with E-state index in [9.17, 15) is 14.0 Å². The summed E-state index contributed by atoms with van der Waals surface area (Å²) in [4.78, 5) is 29.3. The number of urea groups is 1. The third-order valence-corrected chi connectivity index (χ3v) is 6.06. The number of benzene rings is 2. The van der Waals surface area contributed by atoms with E-state index in [0.29, 0.717) is 45.0 Å². The van der Waals surface area contributed by atoms with Crippen LogP contribution in [0.15, 0.2) is 34.8 Å². The van der Waals surface area contributed by atoms with E-state index in [1.54, 1.807) is 17.0 Å². The zero-order chi connectivity index (χ0) is 20.7. The number of rotatable bonds is 2. The number of hydrogen-bond acceptors (Lipinski definition) is 3. The summed E-state index contributed by atoms with van der Waals surface area (Å²) in [7, 11) is 2.01. The highest BCUT2D eigenvalue weighted by Gasteiger charge is 2.35. The van der Waals surface area contributed by atoms with Crippen molar-refractivity contribution in [2.75, 3.05) is 38.5 Å². The number of hydrogen-bond donors (Lipinski definition) is 2. The maximum Gasteiger partial charge on any atom is 0.321 e. The molecular formula is C20H19BrClFN4O2. The van der Waals surface area contributed by atoms with Crippen LogP contribution in [-0.2, 0) is 0 Å². The number of nitrogens with zero attached hydrogens (tertiary/aromatic N) is 2. The van der Waals surface area contributed by atoms with Gasteiger partial charge in [0.25, 0.3) is 5.91 Å². The summed E-state index contributed by atoms with van der Waals surface area (Å²) in [5.41, 5.74) is 1.92. The van der Waals surface area contributed by atoms with Gasteiger partial charge in [0.15, 0.2) is 0 Å². The normalized spacial score (nSPS) is 19.1. The molecule has 2 aliphatic heterocycles. The highest BCUT2D eigenvalue weighted by atomic mass is 79.9. The number of piperazine rings is 1. The van der Waals surface area contributed by atoms with E-state index >= 15 is 0 Å². The van der Waals surface area contributed by atoms with Crippen molar-refractivity contribution < 1.29 is 14.0 Å². The van der Waals surface area contributed by atoms with Crippen molar-refractivity contribution in [1.29, 1.82) is 0 Å². The summed E-state index contributed by atoms with van der Waals surface area (Å²) in [6.45, 7) is 2.83. The Bertz CT molecular complexity index is 995. The van der Waals surface area contributed by atoms with Crippen LogP contribution < -0.4 is 10.6 Å². The number of carbonyl (C=O) groups excluding carboxylic acids is 2. The van der Waals surface area contributed by atoms with E-state index in [-0.39, 0.29) is 11.9 Å². The van der Waals surface area contributed by atoms with E-state index in [2.05, 4.69) is 31.5 Å². The standard InChI is InChI=1S/C20H19BrClFN4O2/c1-26-4-6-27(7-5-26)20(29)24-16-9-11(21)8-14-17(16)18(25-19(14)28)13-10-12(23)2-3-15(13)22/h2-3,8-10,18H,4-7H2,1H3,(H,24,29)(H,25,28). The third-order valence-electron chi connectivity index (χ3n) is 5.25. The fourth-order valence-corrected chi connectivity index (χ4v) is 4.36. The minimum atomic E-state index is -0.656. The number of halogens is 3. The number of nitrogens with one attached hydrogen (secondary N) is 2. The van der Waals surface area contributed by atoms with Crippen LogP contribution >= 0.6 is 27.5 Å². The van der Waals surface area contributed by atoms with Crippen LogP contribution in [0.4, 0.5) is 14.9 Å². The van der Waals surface area contributed by atoms with Crippen molar-refractivity contribution in [3.63, 3.8) is 0 Å². The van der Waals surface area contributed by atoms with E-state index in [1.807, 2.05) is 7.05 Å². The molecule has 1 atom stereocenters. The van der Waals surface area contributed by atoms with Crippen LogP contribution in [0.3, 0.4) is 0 Å². The van der Waals surface area contributed by atoms with E-state index < -0.39 is 11.9 Å². The number of anilines is 1. The Morgan fingerprint density at radius 3 is 2.69 bits per heavy atom. The van der Waals surface area contributed by atoms with Gasteiger partial charge in [0, 0.05) is 58.1 Å². The Labute approximate surface area is 181 Å². The molecule has 9 heteroatoms. The van der Waals surface area contributed by atoms with Crippen LogP contribution in [0.2, 0.25) is 5.02 Å². The predicted octanol–water partition coefficient (Wildman–Crippen LogP) is 3.85. The smallest absolute Gasteiger partial charge is 0.321 e. The molecule has 3 amide bonds. The molecule has 2 aromatic rings. The lowest BCUT2D eigenvalue weighted by Crippen LogP contribution is -2.48. The maximum absolute atomic E-state index is 13.9. The van der Waals surface area contributed by atoms with Gasteiger partial charge in [-0.25, -0.2) is 9.18 Å². The second-order valence-corrected chi connectivity index (χ2v) is 8.53.